The molecule has 578 valence electrons. The first kappa shape index (κ1) is 86.3. The Bertz CT molecular complexity index is 3880. The maximum atomic E-state index is 13.3. The summed E-state index contributed by atoms with van der Waals surface area (Å²) >= 11 is 0. The molecule has 0 amide bonds. The minimum atomic E-state index is -3.52. The Morgan fingerprint density at radius 2 is 0.745 bits per heavy atom. The standard InChI is InChI=1S/C78H98B4N6O18P2Si2/c1-49-51(3)98-60(45-92-52(4)89)69(66(49)94-43-54-31-19-13-20-32-54)103-76-65(86-88-84)73(106-108(81)82)71(63(101-76)48-97-110(78(9,10)11,58-39-27-17-28-40-58)59-41-29-18-30-42-59)102-74-50(2)67(95-44-55-33-21-14-22-34-55)70(61(99-74)46-93-53(5)90)104-75-64(85-87-83)72(105-107(79)80)68(91-12)62(100-75)47-96-109(77(6,7)8,56-35-23-15-24-36-56)57-37-25-16-26-38-57/h13-42,49-51,60-76H,43-48H2,1-12H3/t49?,50?,51-,60?,61?,62?,63?,64?,65?,66-,67-,68+,69?,70?,71+,72+,73+,74+,75+,76+/m0/s1. The molecule has 0 saturated carbocycles. The van der Waals surface area contributed by atoms with E-state index in [0.717, 1.165) is 31.9 Å². The average molecular weight is 1570 g/mol. The van der Waals surface area contributed by atoms with Crippen molar-refractivity contribution in [3.05, 3.63) is 214 Å². The Morgan fingerprint density at radius 1 is 0.436 bits per heavy atom. The molecule has 0 bridgehead atoms. The van der Waals surface area contributed by atoms with Crippen LogP contribution in [0.4, 0.5) is 0 Å². The Hall–Kier alpha value is -6.13. The first-order valence-corrected chi connectivity index (χ1v) is 43.5. The van der Waals surface area contributed by atoms with Gasteiger partial charge >= 0.3 is 11.9 Å². The zero-order valence-corrected chi connectivity index (χ0v) is 68.1. The van der Waals surface area contributed by atoms with Gasteiger partial charge in [0.25, 0.3) is 16.6 Å². The van der Waals surface area contributed by atoms with Gasteiger partial charge in [0, 0.05) is 42.6 Å². The predicted octanol–water partition coefficient (Wildman–Crippen LogP) is 11.1. The van der Waals surface area contributed by atoms with Crippen LogP contribution in [0.2, 0.25) is 10.1 Å². The molecule has 110 heavy (non-hydrogen) atoms. The highest BCUT2D eigenvalue weighted by molar-refractivity contribution is 7.98. The van der Waals surface area contributed by atoms with Gasteiger partial charge in [0.05, 0.1) is 44.7 Å². The summed E-state index contributed by atoms with van der Waals surface area (Å²) in [6.45, 7) is 20.1. The van der Waals surface area contributed by atoms with E-state index < -0.39 is 177 Å². The lowest BCUT2D eigenvalue weighted by Gasteiger charge is -2.52. The van der Waals surface area contributed by atoms with Gasteiger partial charge < -0.3 is 74.7 Å². The number of carbonyl (C=O) groups is 2. The van der Waals surface area contributed by atoms with Crippen molar-refractivity contribution in [2.24, 2.45) is 22.1 Å². The number of methoxy groups -OCH3 is 1. The van der Waals surface area contributed by atoms with E-state index >= 15 is 0 Å². The highest BCUT2D eigenvalue weighted by Crippen LogP contribution is 2.46. The summed E-state index contributed by atoms with van der Waals surface area (Å²) in [5, 5.41) is 11.5. The van der Waals surface area contributed by atoms with Gasteiger partial charge in [0.15, 0.2) is 18.9 Å². The summed E-state index contributed by atoms with van der Waals surface area (Å²) in [7, 11) is 16.1. The predicted molar refractivity (Wildman–Crippen MR) is 427 cm³/mol. The summed E-state index contributed by atoms with van der Waals surface area (Å²) in [5.41, 5.74) is 23.0. The summed E-state index contributed by atoms with van der Waals surface area (Å²) < 4.78 is 111. The van der Waals surface area contributed by atoms with Crippen LogP contribution in [0.25, 0.3) is 20.9 Å². The lowest BCUT2D eigenvalue weighted by molar-refractivity contribution is -0.366. The zero-order chi connectivity index (χ0) is 78.9. The molecule has 6 aromatic rings. The van der Waals surface area contributed by atoms with Crippen LogP contribution in [-0.4, -0.2) is 203 Å². The maximum absolute atomic E-state index is 13.3. The molecule has 0 aliphatic carbocycles. The van der Waals surface area contributed by atoms with Crippen LogP contribution in [-0.2, 0) is 97.5 Å². The molecule has 4 saturated heterocycles. The Morgan fingerprint density at radius 3 is 1.09 bits per heavy atom. The molecule has 0 N–H and O–H groups in total. The lowest BCUT2D eigenvalue weighted by atomic mass is 9.88. The third kappa shape index (κ3) is 20.7. The number of nitrogens with zero attached hydrogens (tertiary/aromatic N) is 6. The molecular formula is C78H98B4N6O18P2Si2. The molecule has 0 spiro atoms. The second-order valence-electron chi connectivity index (χ2n) is 30.1. The minimum absolute atomic E-state index is 0.0162. The van der Waals surface area contributed by atoms with Gasteiger partial charge in [-0.25, -0.2) is 0 Å². The van der Waals surface area contributed by atoms with E-state index in [0.29, 0.717) is 0 Å². The van der Waals surface area contributed by atoms with Crippen molar-refractivity contribution in [2.45, 2.75) is 210 Å². The van der Waals surface area contributed by atoms with Crippen molar-refractivity contribution in [3.63, 3.8) is 0 Å². The van der Waals surface area contributed by atoms with Crippen LogP contribution in [0, 0.1) is 11.8 Å². The van der Waals surface area contributed by atoms with Crippen LogP contribution >= 0.6 is 15.8 Å². The maximum Gasteiger partial charge on any atom is 0.302 e. The fourth-order valence-corrected chi connectivity index (χ4v) is 25.7. The van der Waals surface area contributed by atoms with Crippen LogP contribution < -0.4 is 20.7 Å². The van der Waals surface area contributed by atoms with Crippen molar-refractivity contribution in [1.29, 1.82) is 0 Å². The average Bonchev–Trinajstić information content (AvgIpc) is 0.782. The number of hydrogen-bond acceptors (Lipinski definition) is 20. The normalized spacial score (nSPS) is 28.8. The highest BCUT2D eigenvalue weighted by Gasteiger charge is 2.60. The first-order chi connectivity index (χ1) is 52.7. The molecule has 24 nitrogen and oxygen atoms in total. The van der Waals surface area contributed by atoms with Gasteiger partial charge in [0.1, 0.15) is 117 Å². The molecule has 6 aromatic carbocycles. The number of carbonyl (C=O) groups excluding carboxylic acids is 2. The molecule has 0 aromatic heterocycles. The van der Waals surface area contributed by atoms with Crippen LogP contribution in [0.1, 0.15) is 87.3 Å². The molecule has 4 fully saturated rings. The second kappa shape index (κ2) is 39.8. The quantitative estimate of drug-likeness (QED) is 0.00924. The third-order valence-electron chi connectivity index (χ3n) is 20.8. The smallest absolute Gasteiger partial charge is 0.302 e. The molecule has 20 atom stereocenters. The third-order valence-corrected chi connectivity index (χ3v) is 31.7. The first-order valence-electron chi connectivity index (χ1n) is 36.9. The summed E-state index contributed by atoms with van der Waals surface area (Å²) in [6, 6.07) is 56.3. The van der Waals surface area contributed by atoms with E-state index in [-0.39, 0.29) is 39.0 Å². The van der Waals surface area contributed by atoms with Crippen molar-refractivity contribution < 1.29 is 84.3 Å². The van der Waals surface area contributed by atoms with E-state index in [4.69, 9.17) is 105 Å². The number of hydrogen-bond donors (Lipinski definition) is 0. The lowest BCUT2D eigenvalue weighted by Crippen LogP contribution is -2.69. The van der Waals surface area contributed by atoms with Crippen molar-refractivity contribution in [3.8, 4) is 0 Å². The van der Waals surface area contributed by atoms with E-state index in [1.54, 1.807) is 0 Å². The van der Waals surface area contributed by atoms with Crippen molar-refractivity contribution in [1.82, 2.24) is 0 Å². The fraction of sp³-hybridized carbons (Fsp3) is 0.513. The van der Waals surface area contributed by atoms with Gasteiger partial charge in [0.2, 0.25) is 0 Å². The molecule has 4 heterocycles. The molecule has 32 heteroatoms. The fourth-order valence-electron chi connectivity index (χ4n) is 15.5. The Kier molecular flexibility index (Phi) is 31.2. The molecule has 8 radical (unpaired) electrons. The topological polar surface area (TPSA) is 279 Å². The van der Waals surface area contributed by atoms with E-state index in [9.17, 15) is 20.7 Å². The van der Waals surface area contributed by atoms with Crippen LogP contribution in [0.15, 0.2) is 192 Å². The summed E-state index contributed by atoms with van der Waals surface area (Å²) in [4.78, 5) is 32.7. The molecule has 4 aliphatic heterocycles. The van der Waals surface area contributed by atoms with Crippen molar-refractivity contribution >= 4 is 95.4 Å². The monoisotopic (exact) mass is 1570 g/mol. The van der Waals surface area contributed by atoms with Gasteiger partial charge in [-0.05, 0) is 59.9 Å². The van der Waals surface area contributed by atoms with E-state index in [1.165, 1.54) is 21.0 Å². The minimum Gasteiger partial charge on any atom is -0.463 e. The molecule has 4 aliphatic rings. The number of benzene rings is 6. The van der Waals surface area contributed by atoms with Gasteiger partial charge in [-0.15, -0.1) is 0 Å². The molecule has 10 rings (SSSR count). The van der Waals surface area contributed by atoms with Crippen LogP contribution in [0.3, 0.4) is 0 Å². The summed E-state index contributed by atoms with van der Waals surface area (Å²) in [5.74, 6) is -2.51. The number of ether oxygens (including phenoxy) is 12. The summed E-state index contributed by atoms with van der Waals surface area (Å²) in [6.07, 6.45) is -19.0. The second-order valence-corrected chi connectivity index (χ2v) is 40.5. The number of rotatable bonds is 33. The number of azide groups is 2. The van der Waals surface area contributed by atoms with E-state index in [2.05, 4.69) is 110 Å². The van der Waals surface area contributed by atoms with Gasteiger partial charge in [-0.1, -0.05) is 263 Å². The Labute approximate surface area is 655 Å². The highest BCUT2D eigenvalue weighted by atomic mass is 31.1. The SMILES string of the molecule is [B]P([B])O[C@@H]1C(N=[N+]=[N-])[C@@H](OC2C(COC(C)=O)O[C@H](O[C@@H]3C(CO[Si](c4ccccc4)(c4ccccc4)C(C)(C)C)O[C@H](OC4C(COC(C)=O)O[C@@H](C)C(C)[C@@H]4OCc4ccccc4)C(N=[N+]=[N-])[C@H]3OP([B])[B])C(C)[C@@H]2OCc2ccccc2)OC(CO[Si](c2ccccc2)(c2ccccc2)C(C)(C)C)[C@H]1OC. The molecular weight excluding hydrogens is 1470 g/mol. The zero-order valence-electron chi connectivity index (χ0n) is 64.3. The number of esters is 2. The van der Waals surface area contributed by atoms with Crippen molar-refractivity contribution in [2.75, 3.05) is 33.5 Å². The van der Waals surface area contributed by atoms with Crippen LogP contribution in [0.5, 0.6) is 0 Å². The van der Waals surface area contributed by atoms with E-state index in [1.807, 2.05) is 154 Å². The Balaban J connectivity index is 1.09. The van der Waals surface area contributed by atoms with Gasteiger partial charge in [-0.2, -0.15) is 0 Å². The molecule has 10 unspecified atom stereocenters. The van der Waals surface area contributed by atoms with Gasteiger partial charge in [-0.3, -0.25) is 9.59 Å². The largest absolute Gasteiger partial charge is 0.463 e.